The van der Waals surface area contributed by atoms with Crippen molar-refractivity contribution in [1.29, 1.82) is 0 Å². The van der Waals surface area contributed by atoms with Crippen LogP contribution in [-0.4, -0.2) is 41.8 Å². The smallest absolute Gasteiger partial charge is 0.320 e. The molecule has 4 N–H and O–H groups in total. The molecular weight excluding hydrogens is 386 g/mol. The minimum Gasteiger partial charge on any atom is -0.497 e. The number of carbonyl (C=O) groups is 2. The molecule has 0 aliphatic heterocycles. The van der Waals surface area contributed by atoms with Gasteiger partial charge in [0.1, 0.15) is 11.8 Å². The summed E-state index contributed by atoms with van der Waals surface area (Å²) in [5, 5.41) is 15.5. The Kier molecular flexibility index (Phi) is 7.42. The van der Waals surface area contributed by atoms with Gasteiger partial charge in [-0.25, -0.2) is 0 Å². The van der Waals surface area contributed by atoms with Crippen molar-refractivity contribution in [2.75, 3.05) is 13.7 Å². The first-order chi connectivity index (χ1) is 13.0. The van der Waals surface area contributed by atoms with Crippen molar-refractivity contribution in [2.45, 2.75) is 38.1 Å². The van der Waals surface area contributed by atoms with Gasteiger partial charge in [0.15, 0.2) is 11.5 Å². The lowest BCUT2D eigenvalue weighted by Crippen LogP contribution is -2.30. The van der Waals surface area contributed by atoms with E-state index in [-0.39, 0.29) is 18.3 Å². The molecule has 0 spiro atoms. The molecule has 8 nitrogen and oxygen atoms in total. The minimum absolute atomic E-state index is 0. The molecule has 2 aromatic rings. The second-order valence-electron chi connectivity index (χ2n) is 6.56. The number of aryl methyl sites for hydroxylation is 1. The first kappa shape index (κ1) is 21.7. The van der Waals surface area contributed by atoms with Crippen molar-refractivity contribution in [3.63, 3.8) is 0 Å². The number of benzene rings is 1. The minimum atomic E-state index is -1.01. The Balaban J connectivity index is 0.00000280. The number of hydrogen-bond acceptors (Lipinski definition) is 6. The first-order valence-electron chi connectivity index (χ1n) is 8.93. The molecule has 1 aromatic heterocycles. The van der Waals surface area contributed by atoms with E-state index in [4.69, 9.17) is 20.1 Å². The average Bonchev–Trinajstić information content (AvgIpc) is 3.11. The number of aliphatic carboxylic acids is 1. The molecule has 1 heterocycles. The van der Waals surface area contributed by atoms with Crippen molar-refractivity contribution in [3.05, 3.63) is 35.0 Å². The zero-order valence-electron chi connectivity index (χ0n) is 15.6. The van der Waals surface area contributed by atoms with Crippen LogP contribution in [0.15, 0.2) is 22.7 Å². The van der Waals surface area contributed by atoms with Crippen LogP contribution in [0.25, 0.3) is 11.3 Å². The predicted octanol–water partition coefficient (Wildman–Crippen LogP) is 2.18. The molecular formula is C19H24ClN3O5. The summed E-state index contributed by atoms with van der Waals surface area (Å²) in [4.78, 5) is 23.1. The summed E-state index contributed by atoms with van der Waals surface area (Å²) < 4.78 is 10.7. The molecule has 3 rings (SSSR count). The summed E-state index contributed by atoms with van der Waals surface area (Å²) >= 11 is 0. The number of fused-ring (bicyclic) bond motifs is 3. The lowest BCUT2D eigenvalue weighted by molar-refractivity contribution is -0.138. The fourth-order valence-electron chi connectivity index (χ4n) is 3.21. The third kappa shape index (κ3) is 4.63. The van der Waals surface area contributed by atoms with Crippen molar-refractivity contribution in [1.82, 2.24) is 10.5 Å². The van der Waals surface area contributed by atoms with E-state index in [0.717, 1.165) is 28.9 Å². The monoisotopic (exact) mass is 409 g/mol. The summed E-state index contributed by atoms with van der Waals surface area (Å²) in [5.74, 6) is 0.138. The molecule has 0 fully saturated rings. The molecule has 1 atom stereocenters. The van der Waals surface area contributed by atoms with Gasteiger partial charge in [0.25, 0.3) is 5.91 Å². The Labute approximate surface area is 168 Å². The van der Waals surface area contributed by atoms with Crippen LogP contribution in [0.5, 0.6) is 5.75 Å². The Hall–Kier alpha value is -2.58. The van der Waals surface area contributed by atoms with Gasteiger partial charge in [0, 0.05) is 17.7 Å². The largest absolute Gasteiger partial charge is 0.497 e. The second-order valence-corrected chi connectivity index (χ2v) is 6.56. The molecule has 0 saturated carbocycles. The summed E-state index contributed by atoms with van der Waals surface area (Å²) in [6.07, 6.45) is 3.11. The highest BCUT2D eigenvalue weighted by Gasteiger charge is 2.27. The number of rotatable bonds is 8. The topological polar surface area (TPSA) is 128 Å². The van der Waals surface area contributed by atoms with Crippen LogP contribution in [0, 0.1) is 0 Å². The molecule has 0 radical (unpaired) electrons. The fourth-order valence-corrected chi connectivity index (χ4v) is 3.21. The molecule has 9 heteroatoms. The van der Waals surface area contributed by atoms with Crippen LogP contribution < -0.4 is 15.8 Å². The molecule has 1 aliphatic rings. The van der Waals surface area contributed by atoms with Gasteiger partial charge in [-0.2, -0.15) is 0 Å². The van der Waals surface area contributed by atoms with Crippen LogP contribution in [0.4, 0.5) is 0 Å². The van der Waals surface area contributed by atoms with Crippen molar-refractivity contribution in [2.24, 2.45) is 5.73 Å². The lowest BCUT2D eigenvalue weighted by atomic mass is 9.89. The number of nitrogens with zero attached hydrogens (tertiary/aromatic N) is 1. The normalized spacial score (nSPS) is 12.9. The molecule has 0 bridgehead atoms. The second kappa shape index (κ2) is 9.57. The van der Waals surface area contributed by atoms with Gasteiger partial charge < -0.3 is 25.4 Å². The lowest BCUT2D eigenvalue weighted by Gasteiger charge is -2.15. The highest BCUT2D eigenvalue weighted by atomic mass is 35.5. The molecule has 1 amide bonds. The maximum atomic E-state index is 12.4. The number of carboxylic acids is 1. The van der Waals surface area contributed by atoms with Gasteiger partial charge in [-0.05, 0) is 55.9 Å². The maximum Gasteiger partial charge on any atom is 0.320 e. The highest BCUT2D eigenvalue weighted by molar-refractivity contribution is 5.95. The molecule has 28 heavy (non-hydrogen) atoms. The third-order valence-corrected chi connectivity index (χ3v) is 4.75. The zero-order valence-corrected chi connectivity index (χ0v) is 16.4. The number of methoxy groups -OCH3 is 1. The number of carboxylic acid groups (broad SMARTS) is 1. The first-order valence-corrected chi connectivity index (χ1v) is 8.93. The van der Waals surface area contributed by atoms with Gasteiger partial charge in [0.2, 0.25) is 0 Å². The highest BCUT2D eigenvalue weighted by Crippen LogP contribution is 2.36. The van der Waals surface area contributed by atoms with E-state index in [1.807, 2.05) is 18.2 Å². The summed E-state index contributed by atoms with van der Waals surface area (Å²) in [6.45, 7) is 0.431. The van der Waals surface area contributed by atoms with E-state index in [0.29, 0.717) is 43.7 Å². The summed E-state index contributed by atoms with van der Waals surface area (Å²) in [5.41, 5.74) is 8.63. The van der Waals surface area contributed by atoms with E-state index in [9.17, 15) is 9.59 Å². The van der Waals surface area contributed by atoms with E-state index in [1.165, 1.54) is 0 Å². The SMILES string of the molecule is COc1ccc2c(c1)CCc1c(C(=O)NCCCC[C@H](N)C(=O)O)noc1-2.Cl. The maximum absolute atomic E-state index is 12.4. The number of halogens is 1. The van der Waals surface area contributed by atoms with E-state index in [2.05, 4.69) is 10.5 Å². The summed E-state index contributed by atoms with van der Waals surface area (Å²) in [6, 6.07) is 4.90. The Bertz CT molecular complexity index is 852. The van der Waals surface area contributed by atoms with Gasteiger partial charge in [-0.15, -0.1) is 12.4 Å². The number of hydrogen-bond donors (Lipinski definition) is 3. The molecule has 1 aromatic carbocycles. The number of aromatic nitrogens is 1. The van der Waals surface area contributed by atoms with Gasteiger partial charge in [-0.1, -0.05) is 5.16 Å². The zero-order chi connectivity index (χ0) is 19.4. The van der Waals surface area contributed by atoms with Crippen LogP contribution in [0.2, 0.25) is 0 Å². The predicted molar refractivity (Wildman–Crippen MR) is 105 cm³/mol. The van der Waals surface area contributed by atoms with Gasteiger partial charge >= 0.3 is 5.97 Å². The fraction of sp³-hybridized carbons (Fsp3) is 0.421. The Morgan fingerprint density at radius 3 is 2.86 bits per heavy atom. The Morgan fingerprint density at radius 1 is 1.36 bits per heavy atom. The van der Waals surface area contributed by atoms with Gasteiger partial charge in [-0.3, -0.25) is 9.59 Å². The third-order valence-electron chi connectivity index (χ3n) is 4.75. The van der Waals surface area contributed by atoms with E-state index < -0.39 is 12.0 Å². The molecule has 0 saturated heterocycles. The quantitative estimate of drug-likeness (QED) is 0.570. The number of carbonyl (C=O) groups excluding carboxylic acids is 1. The van der Waals surface area contributed by atoms with Crippen LogP contribution in [0.3, 0.4) is 0 Å². The number of unbranched alkanes of at least 4 members (excludes halogenated alkanes) is 1. The van der Waals surface area contributed by atoms with Crippen LogP contribution in [0.1, 0.15) is 40.9 Å². The van der Waals surface area contributed by atoms with Crippen molar-refractivity contribution < 1.29 is 24.0 Å². The molecule has 152 valence electrons. The average molecular weight is 410 g/mol. The number of nitrogens with two attached hydrogens (primary N) is 1. The van der Waals surface area contributed by atoms with Crippen molar-refractivity contribution >= 4 is 24.3 Å². The number of ether oxygens (including phenoxy) is 1. The Morgan fingerprint density at radius 2 is 2.14 bits per heavy atom. The van der Waals surface area contributed by atoms with Crippen LogP contribution in [-0.2, 0) is 17.6 Å². The molecule has 0 unspecified atom stereocenters. The molecule has 1 aliphatic carbocycles. The van der Waals surface area contributed by atoms with E-state index in [1.54, 1.807) is 7.11 Å². The number of amides is 1. The standard InChI is InChI=1S/C19H23N3O5.ClH/c1-26-12-6-8-13-11(10-12)5-7-14-16(22-27-17(13)14)18(23)21-9-3-2-4-15(20)19(24)25;/h6,8,10,15H,2-5,7,9,20H2,1H3,(H,21,23)(H,24,25);1H/t15-;/m0./s1. The van der Waals surface area contributed by atoms with E-state index >= 15 is 0 Å². The van der Waals surface area contributed by atoms with Gasteiger partial charge in [0.05, 0.1) is 7.11 Å². The van der Waals surface area contributed by atoms with Crippen molar-refractivity contribution in [3.8, 4) is 17.1 Å². The van der Waals surface area contributed by atoms with Crippen LogP contribution >= 0.6 is 12.4 Å². The summed E-state index contributed by atoms with van der Waals surface area (Å²) in [7, 11) is 1.63. The number of nitrogens with one attached hydrogen (secondary N) is 1.